The number of hydrogen-bond donors (Lipinski definition) is 0. The molecule has 2 heteroatoms. The van der Waals surface area contributed by atoms with Gasteiger partial charge < -0.3 is 4.74 Å². The molecule has 0 radical (unpaired) electrons. The van der Waals surface area contributed by atoms with Gasteiger partial charge in [-0.2, -0.15) is 0 Å². The van der Waals surface area contributed by atoms with E-state index >= 15 is 0 Å². The molecule has 0 aliphatic heterocycles. The monoisotopic (exact) mass is 274 g/mol. The maximum Gasteiger partial charge on any atom is 0.143 e. The van der Waals surface area contributed by atoms with Crippen LogP contribution in [-0.2, 0) is 6.42 Å². The Balaban J connectivity index is 2.07. The van der Waals surface area contributed by atoms with Gasteiger partial charge in [0.05, 0.1) is 0 Å². The van der Waals surface area contributed by atoms with Gasteiger partial charge in [0, 0.05) is 0 Å². The molecule has 80 valence electrons. The summed E-state index contributed by atoms with van der Waals surface area (Å²) in [5.41, 5.74) is 6.02. The molecular formula is C14H11BrO. The Morgan fingerprint density at radius 1 is 1.00 bits per heavy atom. The van der Waals surface area contributed by atoms with Gasteiger partial charge >= 0.3 is 0 Å². The molecule has 0 N–H and O–H groups in total. The molecule has 0 fully saturated rings. The van der Waals surface area contributed by atoms with Crippen molar-refractivity contribution in [2.24, 2.45) is 0 Å². The van der Waals surface area contributed by atoms with E-state index in [1.165, 1.54) is 22.3 Å². The van der Waals surface area contributed by atoms with Crippen LogP contribution in [0.2, 0.25) is 0 Å². The molecule has 16 heavy (non-hydrogen) atoms. The lowest BCUT2D eigenvalue weighted by Gasteiger charge is -2.05. The highest BCUT2D eigenvalue weighted by Crippen LogP contribution is 2.37. The van der Waals surface area contributed by atoms with E-state index in [1.54, 1.807) is 0 Å². The van der Waals surface area contributed by atoms with Crippen molar-refractivity contribution in [2.45, 2.75) is 6.42 Å². The zero-order valence-electron chi connectivity index (χ0n) is 8.74. The average Bonchev–Trinajstić information content (AvgIpc) is 2.67. The topological polar surface area (TPSA) is 9.23 Å². The molecule has 1 nitrogen and oxygen atoms in total. The highest BCUT2D eigenvalue weighted by Gasteiger charge is 2.17. The van der Waals surface area contributed by atoms with E-state index in [2.05, 4.69) is 52.3 Å². The Labute approximate surface area is 103 Å². The fourth-order valence-electron chi connectivity index (χ4n) is 2.27. The molecule has 2 aromatic rings. The van der Waals surface area contributed by atoms with Crippen LogP contribution in [-0.4, -0.2) is 5.52 Å². The number of fused-ring (bicyclic) bond motifs is 3. The van der Waals surface area contributed by atoms with Gasteiger partial charge in [0.25, 0.3) is 0 Å². The normalized spacial score (nSPS) is 12.1. The molecule has 2 aromatic carbocycles. The van der Waals surface area contributed by atoms with E-state index < -0.39 is 0 Å². The summed E-state index contributed by atoms with van der Waals surface area (Å²) in [6.45, 7) is 0. The Kier molecular flexibility index (Phi) is 2.44. The summed E-state index contributed by atoms with van der Waals surface area (Å²) in [5, 5.41) is 0. The fourth-order valence-corrected chi connectivity index (χ4v) is 2.54. The Hall–Kier alpha value is -1.28. The van der Waals surface area contributed by atoms with Crippen molar-refractivity contribution in [1.82, 2.24) is 0 Å². The number of hydrogen-bond acceptors (Lipinski definition) is 1. The van der Waals surface area contributed by atoms with E-state index in [0.717, 1.165) is 12.2 Å². The van der Waals surface area contributed by atoms with Gasteiger partial charge in [-0.15, -0.1) is 0 Å². The third kappa shape index (κ3) is 1.54. The van der Waals surface area contributed by atoms with Crippen molar-refractivity contribution in [2.75, 3.05) is 5.52 Å². The van der Waals surface area contributed by atoms with E-state index in [4.69, 9.17) is 4.74 Å². The zero-order valence-corrected chi connectivity index (χ0v) is 10.3. The minimum atomic E-state index is 0.540. The van der Waals surface area contributed by atoms with Gasteiger partial charge in [0.15, 0.2) is 0 Å². The first-order valence-electron chi connectivity index (χ1n) is 5.28. The van der Waals surface area contributed by atoms with Crippen molar-refractivity contribution in [3.05, 3.63) is 53.6 Å². The van der Waals surface area contributed by atoms with Crippen LogP contribution in [0.5, 0.6) is 5.75 Å². The quantitative estimate of drug-likeness (QED) is 0.642. The van der Waals surface area contributed by atoms with Crippen LogP contribution in [0, 0.1) is 0 Å². The minimum absolute atomic E-state index is 0.540. The molecule has 3 rings (SSSR count). The molecule has 0 aromatic heterocycles. The van der Waals surface area contributed by atoms with Crippen LogP contribution in [0.3, 0.4) is 0 Å². The lowest BCUT2D eigenvalue weighted by Crippen LogP contribution is -1.89. The Bertz CT molecular complexity index is 534. The van der Waals surface area contributed by atoms with Crippen LogP contribution in [0.1, 0.15) is 11.1 Å². The van der Waals surface area contributed by atoms with E-state index in [-0.39, 0.29) is 0 Å². The smallest absolute Gasteiger partial charge is 0.143 e. The van der Waals surface area contributed by atoms with Crippen LogP contribution >= 0.6 is 15.9 Å². The summed E-state index contributed by atoms with van der Waals surface area (Å²) in [6.07, 6.45) is 1.02. The molecule has 0 saturated carbocycles. The molecule has 0 unspecified atom stereocenters. The molecule has 0 atom stereocenters. The summed E-state index contributed by atoms with van der Waals surface area (Å²) in [6, 6.07) is 14.9. The first kappa shape index (κ1) is 9.91. The molecule has 0 spiro atoms. The SMILES string of the molecule is BrCOc1ccc2c(c1)Cc1ccccc1-2. The predicted octanol–water partition coefficient (Wildman–Crippen LogP) is 3.99. The fraction of sp³-hybridized carbons (Fsp3) is 0.143. The van der Waals surface area contributed by atoms with Gasteiger partial charge in [0.1, 0.15) is 11.3 Å². The average molecular weight is 275 g/mol. The Morgan fingerprint density at radius 3 is 2.69 bits per heavy atom. The molecule has 0 bridgehead atoms. The van der Waals surface area contributed by atoms with Crippen LogP contribution < -0.4 is 4.74 Å². The van der Waals surface area contributed by atoms with Gasteiger partial charge in [0.2, 0.25) is 0 Å². The van der Waals surface area contributed by atoms with E-state index in [1.807, 2.05) is 6.07 Å². The summed E-state index contributed by atoms with van der Waals surface area (Å²) >= 11 is 3.27. The first-order valence-corrected chi connectivity index (χ1v) is 6.40. The third-order valence-corrected chi connectivity index (χ3v) is 3.22. The van der Waals surface area contributed by atoms with Crippen molar-refractivity contribution < 1.29 is 4.74 Å². The van der Waals surface area contributed by atoms with Crippen molar-refractivity contribution in [1.29, 1.82) is 0 Å². The lowest BCUT2D eigenvalue weighted by atomic mass is 10.1. The van der Waals surface area contributed by atoms with Gasteiger partial charge in [-0.3, -0.25) is 0 Å². The van der Waals surface area contributed by atoms with Gasteiger partial charge in [-0.1, -0.05) is 30.3 Å². The van der Waals surface area contributed by atoms with Gasteiger partial charge in [-0.05, 0) is 56.7 Å². The number of halogens is 1. The Morgan fingerprint density at radius 2 is 1.81 bits per heavy atom. The maximum absolute atomic E-state index is 5.45. The molecule has 1 aliphatic rings. The lowest BCUT2D eigenvalue weighted by molar-refractivity contribution is 0.397. The summed E-state index contributed by atoms with van der Waals surface area (Å²) < 4.78 is 5.45. The van der Waals surface area contributed by atoms with Gasteiger partial charge in [-0.25, -0.2) is 0 Å². The van der Waals surface area contributed by atoms with Crippen LogP contribution in [0.15, 0.2) is 42.5 Å². The number of alkyl halides is 1. The standard InChI is InChI=1S/C14H11BrO/c15-9-16-12-5-6-14-11(8-12)7-10-3-1-2-4-13(10)14/h1-6,8H,7,9H2. The zero-order chi connectivity index (χ0) is 11.0. The van der Waals surface area contributed by atoms with E-state index in [0.29, 0.717) is 5.52 Å². The molecule has 0 amide bonds. The first-order chi connectivity index (χ1) is 7.88. The van der Waals surface area contributed by atoms with Crippen LogP contribution in [0.4, 0.5) is 0 Å². The predicted molar refractivity (Wildman–Crippen MR) is 69.1 cm³/mol. The van der Waals surface area contributed by atoms with Crippen molar-refractivity contribution in [3.63, 3.8) is 0 Å². The largest absolute Gasteiger partial charge is 0.482 e. The summed E-state index contributed by atoms with van der Waals surface area (Å²) in [7, 11) is 0. The van der Waals surface area contributed by atoms with E-state index in [9.17, 15) is 0 Å². The third-order valence-electron chi connectivity index (χ3n) is 2.99. The van der Waals surface area contributed by atoms with Crippen molar-refractivity contribution in [3.8, 4) is 16.9 Å². The number of ether oxygens (including phenoxy) is 1. The molecule has 0 heterocycles. The maximum atomic E-state index is 5.45. The second-order valence-corrected chi connectivity index (χ2v) is 4.36. The summed E-state index contributed by atoms with van der Waals surface area (Å²) in [4.78, 5) is 0. The second-order valence-electron chi connectivity index (χ2n) is 3.91. The molecule has 0 saturated heterocycles. The highest BCUT2D eigenvalue weighted by atomic mass is 79.9. The molecule has 1 aliphatic carbocycles. The summed E-state index contributed by atoms with van der Waals surface area (Å²) in [5.74, 6) is 0.934. The molecular weight excluding hydrogens is 264 g/mol. The number of benzene rings is 2. The van der Waals surface area contributed by atoms with Crippen LogP contribution in [0.25, 0.3) is 11.1 Å². The highest BCUT2D eigenvalue weighted by molar-refractivity contribution is 9.09. The minimum Gasteiger partial charge on any atom is -0.482 e. The van der Waals surface area contributed by atoms with Crippen molar-refractivity contribution >= 4 is 15.9 Å². The second kappa shape index (κ2) is 3.95. The number of rotatable bonds is 2.